The molecule has 6 nitrogen and oxygen atoms in total. The Morgan fingerprint density at radius 3 is 1.96 bits per heavy atom. The minimum atomic E-state index is -0.599. The highest BCUT2D eigenvalue weighted by Gasteiger charge is 2.19. The molecule has 0 radical (unpaired) electrons. The summed E-state index contributed by atoms with van der Waals surface area (Å²) in [5.41, 5.74) is 7.12. The third kappa shape index (κ3) is 5.39. The van der Waals surface area contributed by atoms with Gasteiger partial charge in [-0.2, -0.15) is 0 Å². The maximum atomic E-state index is 12.6. The SMILES string of the molecule is CCOC(=O)C=C(N)COC(=O)N(c1ccccc1)c1ccccc1. The molecule has 0 aliphatic carbocycles. The number of nitrogens with zero attached hydrogens (tertiary/aromatic N) is 1. The summed E-state index contributed by atoms with van der Waals surface area (Å²) in [5.74, 6) is -0.570. The molecule has 0 bridgehead atoms. The molecule has 0 fully saturated rings. The lowest BCUT2D eigenvalue weighted by Crippen LogP contribution is -2.28. The number of ether oxygens (including phenoxy) is 2. The summed E-state index contributed by atoms with van der Waals surface area (Å²) in [4.78, 5) is 25.3. The molecule has 2 rings (SSSR count). The number of nitrogens with two attached hydrogens (primary N) is 1. The number of benzene rings is 2. The topological polar surface area (TPSA) is 81.9 Å². The van der Waals surface area contributed by atoms with Gasteiger partial charge in [0.2, 0.25) is 0 Å². The minimum Gasteiger partial charge on any atom is -0.463 e. The average Bonchev–Trinajstić information content (AvgIpc) is 2.62. The molecule has 0 saturated carbocycles. The predicted molar refractivity (Wildman–Crippen MR) is 95.3 cm³/mol. The number of rotatable bonds is 6. The Morgan fingerprint density at radius 1 is 0.960 bits per heavy atom. The molecule has 2 aromatic carbocycles. The quantitative estimate of drug-likeness (QED) is 0.644. The van der Waals surface area contributed by atoms with Crippen molar-refractivity contribution in [3.63, 3.8) is 0 Å². The van der Waals surface area contributed by atoms with E-state index >= 15 is 0 Å². The van der Waals surface area contributed by atoms with E-state index in [1.54, 1.807) is 31.2 Å². The minimum absolute atomic E-state index is 0.105. The van der Waals surface area contributed by atoms with Gasteiger partial charge in [-0.15, -0.1) is 0 Å². The second-order valence-electron chi connectivity index (χ2n) is 5.03. The van der Waals surface area contributed by atoms with Crippen LogP contribution in [-0.2, 0) is 14.3 Å². The number of amides is 1. The Kier molecular flexibility index (Phi) is 6.59. The second-order valence-corrected chi connectivity index (χ2v) is 5.03. The third-order valence-electron chi connectivity index (χ3n) is 3.16. The summed E-state index contributed by atoms with van der Waals surface area (Å²) >= 11 is 0. The van der Waals surface area contributed by atoms with Crippen molar-refractivity contribution in [3.05, 3.63) is 72.4 Å². The monoisotopic (exact) mass is 340 g/mol. The van der Waals surface area contributed by atoms with Crippen LogP contribution in [-0.4, -0.2) is 25.3 Å². The molecule has 0 aromatic heterocycles. The highest BCUT2D eigenvalue weighted by Crippen LogP contribution is 2.25. The summed E-state index contributed by atoms with van der Waals surface area (Å²) in [5, 5.41) is 0. The lowest BCUT2D eigenvalue weighted by atomic mass is 10.2. The molecule has 0 spiro atoms. The van der Waals surface area contributed by atoms with Crippen molar-refractivity contribution in [2.75, 3.05) is 18.1 Å². The number of hydrogen-bond acceptors (Lipinski definition) is 5. The molecule has 0 aliphatic heterocycles. The maximum Gasteiger partial charge on any atom is 0.419 e. The summed E-state index contributed by atoms with van der Waals surface area (Å²) in [6.45, 7) is 1.73. The van der Waals surface area contributed by atoms with Crippen LogP contribution in [0.1, 0.15) is 6.92 Å². The van der Waals surface area contributed by atoms with Gasteiger partial charge < -0.3 is 15.2 Å². The van der Waals surface area contributed by atoms with Crippen molar-refractivity contribution in [2.45, 2.75) is 6.92 Å². The van der Waals surface area contributed by atoms with Crippen LogP contribution >= 0.6 is 0 Å². The highest BCUT2D eigenvalue weighted by atomic mass is 16.6. The summed E-state index contributed by atoms with van der Waals surface area (Å²) < 4.78 is 10.00. The fourth-order valence-electron chi connectivity index (χ4n) is 2.10. The molecule has 0 aliphatic rings. The van der Waals surface area contributed by atoms with Crippen molar-refractivity contribution in [3.8, 4) is 0 Å². The number of esters is 1. The van der Waals surface area contributed by atoms with E-state index in [4.69, 9.17) is 15.2 Å². The molecule has 0 unspecified atom stereocenters. The van der Waals surface area contributed by atoms with Crippen LogP contribution in [0.15, 0.2) is 72.4 Å². The molecular weight excluding hydrogens is 320 g/mol. The first kappa shape index (κ1) is 18.1. The van der Waals surface area contributed by atoms with Gasteiger partial charge in [-0.1, -0.05) is 36.4 Å². The van der Waals surface area contributed by atoms with Crippen LogP contribution in [0.5, 0.6) is 0 Å². The van der Waals surface area contributed by atoms with E-state index in [1.165, 1.54) is 4.90 Å². The van der Waals surface area contributed by atoms with E-state index in [0.717, 1.165) is 6.08 Å². The normalized spacial score (nSPS) is 10.8. The molecule has 0 heterocycles. The van der Waals surface area contributed by atoms with Gasteiger partial charge >= 0.3 is 12.1 Å². The first-order valence-electron chi connectivity index (χ1n) is 7.81. The zero-order valence-corrected chi connectivity index (χ0v) is 13.9. The maximum absolute atomic E-state index is 12.6. The molecule has 0 atom stereocenters. The van der Waals surface area contributed by atoms with E-state index < -0.39 is 12.1 Å². The van der Waals surface area contributed by atoms with E-state index in [1.807, 2.05) is 36.4 Å². The van der Waals surface area contributed by atoms with Crippen LogP contribution in [0.3, 0.4) is 0 Å². The summed E-state index contributed by atoms with van der Waals surface area (Å²) in [6.07, 6.45) is 0.504. The van der Waals surface area contributed by atoms with Crippen LogP contribution < -0.4 is 10.6 Å². The van der Waals surface area contributed by atoms with Crippen LogP contribution in [0.4, 0.5) is 16.2 Å². The number of hydrogen-bond donors (Lipinski definition) is 1. The smallest absolute Gasteiger partial charge is 0.419 e. The number of para-hydroxylation sites is 2. The first-order valence-corrected chi connectivity index (χ1v) is 7.81. The van der Waals surface area contributed by atoms with Gasteiger partial charge in [0.05, 0.1) is 23.7 Å². The molecule has 0 saturated heterocycles. The average molecular weight is 340 g/mol. The lowest BCUT2D eigenvalue weighted by Gasteiger charge is -2.22. The first-order chi connectivity index (χ1) is 12.1. The van der Waals surface area contributed by atoms with Crippen LogP contribution in [0.2, 0.25) is 0 Å². The standard InChI is InChI=1S/C19H20N2O4/c1-2-24-18(22)13-15(20)14-25-19(23)21(16-9-5-3-6-10-16)17-11-7-4-8-12-17/h3-13H,2,14,20H2,1H3. The molecule has 130 valence electrons. The fraction of sp³-hybridized carbons (Fsp3) is 0.158. The van der Waals surface area contributed by atoms with Gasteiger partial charge in [-0.25, -0.2) is 14.5 Å². The summed E-state index contributed by atoms with van der Waals surface area (Å²) in [7, 11) is 0. The lowest BCUT2D eigenvalue weighted by molar-refractivity contribution is -0.137. The van der Waals surface area contributed by atoms with E-state index in [0.29, 0.717) is 11.4 Å². The van der Waals surface area contributed by atoms with Crippen molar-refractivity contribution < 1.29 is 19.1 Å². The Hall–Kier alpha value is -3.28. The number of carbonyl (C=O) groups is 2. The Morgan fingerprint density at radius 2 is 1.48 bits per heavy atom. The number of carbonyl (C=O) groups excluding carboxylic acids is 2. The van der Waals surface area contributed by atoms with Gasteiger partial charge in [0, 0.05) is 6.08 Å². The van der Waals surface area contributed by atoms with Crippen molar-refractivity contribution >= 4 is 23.4 Å². The molecule has 25 heavy (non-hydrogen) atoms. The molecular formula is C19H20N2O4. The Bertz CT molecular complexity index is 690. The Labute approximate surface area is 146 Å². The van der Waals surface area contributed by atoms with Gasteiger partial charge in [0.25, 0.3) is 0 Å². The van der Waals surface area contributed by atoms with Crippen molar-refractivity contribution in [2.24, 2.45) is 5.73 Å². The number of anilines is 2. The fourth-order valence-corrected chi connectivity index (χ4v) is 2.10. The van der Waals surface area contributed by atoms with E-state index in [9.17, 15) is 9.59 Å². The molecule has 2 N–H and O–H groups in total. The van der Waals surface area contributed by atoms with E-state index in [2.05, 4.69) is 0 Å². The Balaban J connectivity index is 2.13. The zero-order valence-electron chi connectivity index (χ0n) is 13.9. The van der Waals surface area contributed by atoms with Gasteiger partial charge in [0.15, 0.2) is 0 Å². The zero-order chi connectivity index (χ0) is 18.1. The molecule has 2 aromatic rings. The van der Waals surface area contributed by atoms with Crippen molar-refractivity contribution in [1.29, 1.82) is 0 Å². The van der Waals surface area contributed by atoms with Gasteiger partial charge in [-0.05, 0) is 31.2 Å². The van der Waals surface area contributed by atoms with Gasteiger partial charge in [-0.3, -0.25) is 0 Å². The second kappa shape index (κ2) is 9.12. The molecule has 1 amide bonds. The molecule has 6 heteroatoms. The third-order valence-corrected chi connectivity index (χ3v) is 3.16. The largest absolute Gasteiger partial charge is 0.463 e. The predicted octanol–water partition coefficient (Wildman–Crippen LogP) is 3.37. The van der Waals surface area contributed by atoms with Crippen molar-refractivity contribution in [1.82, 2.24) is 0 Å². The van der Waals surface area contributed by atoms with Crippen LogP contribution in [0.25, 0.3) is 0 Å². The van der Waals surface area contributed by atoms with Gasteiger partial charge in [0.1, 0.15) is 6.61 Å². The summed E-state index contributed by atoms with van der Waals surface area (Å²) in [6, 6.07) is 18.2. The van der Waals surface area contributed by atoms with E-state index in [-0.39, 0.29) is 18.9 Å². The highest BCUT2D eigenvalue weighted by molar-refractivity contribution is 5.96. The van der Waals surface area contributed by atoms with Crippen LogP contribution in [0, 0.1) is 0 Å².